The van der Waals surface area contributed by atoms with E-state index < -0.39 is 0 Å². The fourth-order valence-corrected chi connectivity index (χ4v) is 11.0. The average molecular weight is 664 g/mol. The van der Waals surface area contributed by atoms with Crippen LogP contribution in [0.2, 0.25) is 0 Å². The summed E-state index contributed by atoms with van der Waals surface area (Å²) in [6, 6.07) is 49.1. The van der Waals surface area contributed by atoms with Crippen LogP contribution in [0.25, 0.3) is 33.0 Å². The molecule has 3 saturated carbocycles. The zero-order valence-electron chi connectivity index (χ0n) is 30.2. The first kappa shape index (κ1) is 31.1. The van der Waals surface area contributed by atoms with Crippen LogP contribution in [0.5, 0.6) is 0 Å². The lowest BCUT2D eigenvalue weighted by Crippen LogP contribution is -2.17. The summed E-state index contributed by atoms with van der Waals surface area (Å²) in [6.07, 6.45) is 12.5. The van der Waals surface area contributed by atoms with Crippen LogP contribution >= 0.6 is 0 Å². The largest absolute Gasteiger partial charge is 0.310 e. The van der Waals surface area contributed by atoms with Gasteiger partial charge in [-0.05, 0) is 147 Å². The zero-order valence-corrected chi connectivity index (χ0v) is 30.2. The molecule has 0 aliphatic heterocycles. The molecule has 0 aromatic heterocycles. The standard InChI is InChI=1S/C50H49N/c1-50(2)48-32-41(28-29-44(48)46-17-9-16-45(49(46)50)43-15-8-13-36-12-6-7-14-42(36)43)51(39-24-20-35(21-25-39)34-10-4-3-5-11-34)40-26-22-37(23-27-40)47-31-33-18-19-38(47)30-33/h6-9,12-17,20-29,32-34,38,47H,3-5,10-11,18-19,30-31H2,1-2H3. The third-order valence-electron chi connectivity index (χ3n) is 13.5. The fourth-order valence-electron chi connectivity index (χ4n) is 11.0. The minimum absolute atomic E-state index is 0.156. The predicted molar refractivity (Wildman–Crippen MR) is 216 cm³/mol. The molecule has 4 aliphatic rings. The van der Waals surface area contributed by atoms with E-state index in [1.807, 2.05) is 0 Å². The highest BCUT2D eigenvalue weighted by Crippen LogP contribution is 2.55. The van der Waals surface area contributed by atoms with E-state index in [4.69, 9.17) is 0 Å². The van der Waals surface area contributed by atoms with Gasteiger partial charge >= 0.3 is 0 Å². The molecule has 1 heteroatoms. The second-order valence-electron chi connectivity index (χ2n) is 16.7. The van der Waals surface area contributed by atoms with Gasteiger partial charge in [-0.2, -0.15) is 0 Å². The highest BCUT2D eigenvalue weighted by molar-refractivity contribution is 6.00. The second kappa shape index (κ2) is 12.3. The Hall–Kier alpha value is -4.62. The molecule has 3 atom stereocenters. The van der Waals surface area contributed by atoms with Gasteiger partial charge in [-0.1, -0.05) is 131 Å². The van der Waals surface area contributed by atoms with Crippen LogP contribution in [-0.4, -0.2) is 0 Å². The van der Waals surface area contributed by atoms with Crippen LogP contribution in [0.1, 0.15) is 106 Å². The van der Waals surface area contributed by atoms with E-state index in [0.717, 1.165) is 17.8 Å². The Morgan fingerprint density at radius 2 is 1.18 bits per heavy atom. The summed E-state index contributed by atoms with van der Waals surface area (Å²) in [7, 11) is 0. The quantitative estimate of drug-likeness (QED) is 0.171. The molecular weight excluding hydrogens is 615 g/mol. The Balaban J connectivity index is 1.06. The Labute approximate surface area is 304 Å². The molecule has 4 aliphatic carbocycles. The van der Waals surface area contributed by atoms with Gasteiger partial charge in [-0.25, -0.2) is 0 Å². The van der Waals surface area contributed by atoms with E-state index in [1.165, 1.54) is 125 Å². The Kier molecular flexibility index (Phi) is 7.49. The molecule has 0 N–H and O–H groups in total. The molecule has 3 fully saturated rings. The number of fused-ring (bicyclic) bond motifs is 6. The van der Waals surface area contributed by atoms with Gasteiger partial charge in [0.25, 0.3) is 0 Å². The van der Waals surface area contributed by atoms with Crippen LogP contribution in [0.3, 0.4) is 0 Å². The van der Waals surface area contributed by atoms with Crippen molar-refractivity contribution in [2.75, 3.05) is 4.90 Å². The summed E-state index contributed by atoms with van der Waals surface area (Å²) in [5, 5.41) is 2.61. The molecular formula is C50H49N. The SMILES string of the molecule is CC1(C)c2cc(N(c3ccc(C4CCCCC4)cc3)c3ccc(C4CC5CCC4C5)cc3)ccc2-c2cccc(-c3cccc4ccccc34)c21. The maximum Gasteiger partial charge on any atom is 0.0465 e. The minimum atomic E-state index is -0.156. The third-order valence-corrected chi connectivity index (χ3v) is 13.5. The van der Waals surface area contributed by atoms with Crippen LogP contribution in [0.15, 0.2) is 127 Å². The zero-order chi connectivity index (χ0) is 34.1. The van der Waals surface area contributed by atoms with Gasteiger partial charge < -0.3 is 4.90 Å². The lowest BCUT2D eigenvalue weighted by Gasteiger charge is -2.30. The van der Waals surface area contributed by atoms with Gasteiger partial charge in [0.05, 0.1) is 0 Å². The molecule has 6 aromatic rings. The molecule has 51 heavy (non-hydrogen) atoms. The van der Waals surface area contributed by atoms with E-state index in [9.17, 15) is 0 Å². The molecule has 1 nitrogen and oxygen atoms in total. The highest BCUT2D eigenvalue weighted by atomic mass is 15.1. The van der Waals surface area contributed by atoms with E-state index in [2.05, 4.69) is 146 Å². The van der Waals surface area contributed by atoms with Crippen molar-refractivity contribution < 1.29 is 0 Å². The number of rotatable bonds is 6. The average Bonchev–Trinajstić information content (AvgIpc) is 3.88. The molecule has 3 unspecified atom stereocenters. The summed E-state index contributed by atoms with van der Waals surface area (Å²) >= 11 is 0. The van der Waals surface area contributed by atoms with E-state index >= 15 is 0 Å². The van der Waals surface area contributed by atoms with E-state index in [1.54, 1.807) is 5.56 Å². The Morgan fingerprint density at radius 3 is 1.90 bits per heavy atom. The Morgan fingerprint density at radius 1 is 0.529 bits per heavy atom. The Bertz CT molecular complexity index is 2230. The summed E-state index contributed by atoms with van der Waals surface area (Å²) < 4.78 is 0. The summed E-state index contributed by atoms with van der Waals surface area (Å²) in [4.78, 5) is 2.51. The number of hydrogen-bond acceptors (Lipinski definition) is 1. The molecule has 254 valence electrons. The molecule has 2 bridgehead atoms. The number of hydrogen-bond donors (Lipinski definition) is 0. The van der Waals surface area contributed by atoms with Crippen LogP contribution in [-0.2, 0) is 5.41 Å². The maximum atomic E-state index is 2.51. The van der Waals surface area contributed by atoms with E-state index in [-0.39, 0.29) is 5.41 Å². The van der Waals surface area contributed by atoms with Gasteiger partial charge in [0.15, 0.2) is 0 Å². The lowest BCUT2D eigenvalue weighted by atomic mass is 9.78. The first-order valence-corrected chi connectivity index (χ1v) is 19.8. The predicted octanol–water partition coefficient (Wildman–Crippen LogP) is 14.2. The van der Waals surface area contributed by atoms with Crippen molar-refractivity contribution in [3.8, 4) is 22.3 Å². The van der Waals surface area contributed by atoms with Gasteiger partial charge in [0.1, 0.15) is 0 Å². The summed E-state index contributed by atoms with van der Waals surface area (Å²) in [5.41, 5.74) is 14.9. The molecule has 0 saturated heterocycles. The fraction of sp³-hybridized carbons (Fsp3) is 0.320. The smallest absolute Gasteiger partial charge is 0.0465 e. The number of benzene rings is 6. The molecule has 0 spiro atoms. The van der Waals surface area contributed by atoms with Crippen molar-refractivity contribution in [2.24, 2.45) is 11.8 Å². The molecule has 0 radical (unpaired) electrons. The molecule has 0 heterocycles. The third kappa shape index (κ3) is 5.18. The summed E-state index contributed by atoms with van der Waals surface area (Å²) in [5.74, 6) is 3.30. The molecule has 10 rings (SSSR count). The first-order chi connectivity index (χ1) is 25.0. The first-order valence-electron chi connectivity index (χ1n) is 19.8. The minimum Gasteiger partial charge on any atom is -0.310 e. The van der Waals surface area contributed by atoms with Gasteiger partial charge in [-0.3, -0.25) is 0 Å². The lowest BCUT2D eigenvalue weighted by molar-refractivity contribution is 0.420. The van der Waals surface area contributed by atoms with Crippen molar-refractivity contribution >= 4 is 27.8 Å². The van der Waals surface area contributed by atoms with Crippen molar-refractivity contribution in [1.82, 2.24) is 0 Å². The van der Waals surface area contributed by atoms with Gasteiger partial charge in [0, 0.05) is 22.5 Å². The van der Waals surface area contributed by atoms with Crippen molar-refractivity contribution in [3.05, 3.63) is 150 Å². The van der Waals surface area contributed by atoms with Crippen LogP contribution < -0.4 is 4.90 Å². The van der Waals surface area contributed by atoms with Crippen LogP contribution in [0.4, 0.5) is 17.1 Å². The summed E-state index contributed by atoms with van der Waals surface area (Å²) in [6.45, 7) is 4.87. The number of anilines is 3. The van der Waals surface area contributed by atoms with Crippen molar-refractivity contribution in [2.45, 2.75) is 88.9 Å². The van der Waals surface area contributed by atoms with E-state index in [0.29, 0.717) is 5.92 Å². The molecule has 0 amide bonds. The van der Waals surface area contributed by atoms with Gasteiger partial charge in [0.2, 0.25) is 0 Å². The van der Waals surface area contributed by atoms with Crippen molar-refractivity contribution in [3.63, 3.8) is 0 Å². The second-order valence-corrected chi connectivity index (χ2v) is 16.7. The topological polar surface area (TPSA) is 3.24 Å². The molecule has 6 aromatic carbocycles. The maximum absolute atomic E-state index is 2.51. The highest BCUT2D eigenvalue weighted by Gasteiger charge is 2.40. The normalized spacial score (nSPS) is 21.9. The van der Waals surface area contributed by atoms with Crippen molar-refractivity contribution in [1.29, 1.82) is 0 Å². The van der Waals surface area contributed by atoms with Crippen LogP contribution in [0, 0.1) is 11.8 Å². The monoisotopic (exact) mass is 663 g/mol. The number of nitrogens with zero attached hydrogens (tertiary/aromatic N) is 1. The van der Waals surface area contributed by atoms with Gasteiger partial charge in [-0.15, -0.1) is 0 Å².